The fraction of sp³-hybridized carbons (Fsp3) is 0.462. The maximum Gasteiger partial charge on any atom is 0.244 e. The van der Waals surface area contributed by atoms with Crippen molar-refractivity contribution in [2.75, 3.05) is 30.8 Å². The molecular weight excluding hydrogens is 256 g/mol. The summed E-state index contributed by atoms with van der Waals surface area (Å²) in [5, 5.41) is 6.40. The molecule has 2 aromatic rings. The number of carbonyl (C=O) groups is 1. The molecule has 0 aromatic carbocycles. The minimum absolute atomic E-state index is 0.102. The van der Waals surface area contributed by atoms with Gasteiger partial charge in [0.2, 0.25) is 5.91 Å². The molecule has 7 nitrogen and oxygen atoms in total. The van der Waals surface area contributed by atoms with Gasteiger partial charge >= 0.3 is 0 Å². The molecule has 0 aliphatic carbocycles. The molecule has 0 bridgehead atoms. The number of fused-ring (bicyclic) bond motifs is 1. The average molecular weight is 274 g/mol. The van der Waals surface area contributed by atoms with Crippen molar-refractivity contribution in [3.63, 3.8) is 0 Å². The molecular formula is C13H18N6O. The van der Waals surface area contributed by atoms with Gasteiger partial charge in [0, 0.05) is 32.5 Å². The number of nitrogens with one attached hydrogen (secondary N) is 2. The third-order valence-electron chi connectivity index (χ3n) is 3.47. The van der Waals surface area contributed by atoms with Gasteiger partial charge in [-0.2, -0.15) is 0 Å². The summed E-state index contributed by atoms with van der Waals surface area (Å²) in [7, 11) is 1.82. The predicted molar refractivity (Wildman–Crippen MR) is 76.8 cm³/mol. The Bertz CT molecular complexity index is 637. The zero-order valence-corrected chi connectivity index (χ0v) is 11.6. The molecule has 0 saturated carbocycles. The third kappa shape index (κ3) is 2.15. The van der Waals surface area contributed by atoms with E-state index in [0.717, 1.165) is 31.0 Å². The number of imidazole rings is 1. The van der Waals surface area contributed by atoms with Crippen molar-refractivity contribution in [1.29, 1.82) is 0 Å². The molecule has 0 radical (unpaired) electrons. The second-order valence-electron chi connectivity index (χ2n) is 4.91. The van der Waals surface area contributed by atoms with Crippen LogP contribution in [-0.2, 0) is 4.79 Å². The number of likely N-dealkylation sites (tertiary alicyclic amines) is 1. The predicted octanol–water partition coefficient (Wildman–Crippen LogP) is 0.804. The first-order chi connectivity index (χ1) is 9.69. The van der Waals surface area contributed by atoms with E-state index < -0.39 is 0 Å². The maximum absolute atomic E-state index is 12.0. The number of hydrogen-bond donors (Lipinski definition) is 2. The van der Waals surface area contributed by atoms with E-state index in [1.807, 2.05) is 30.8 Å². The number of nitrogens with zero attached hydrogens (tertiary/aromatic N) is 4. The van der Waals surface area contributed by atoms with Crippen molar-refractivity contribution < 1.29 is 4.79 Å². The van der Waals surface area contributed by atoms with Gasteiger partial charge in [0.1, 0.15) is 11.9 Å². The van der Waals surface area contributed by atoms with Gasteiger partial charge in [-0.05, 0) is 13.3 Å². The highest BCUT2D eigenvalue weighted by atomic mass is 16.2. The topological polar surface area (TPSA) is 74.6 Å². The summed E-state index contributed by atoms with van der Waals surface area (Å²) in [6.45, 7) is 3.58. The summed E-state index contributed by atoms with van der Waals surface area (Å²) in [6, 6.07) is -0.218. The molecule has 7 heteroatoms. The van der Waals surface area contributed by atoms with Crippen LogP contribution in [0, 0.1) is 0 Å². The largest absolute Gasteiger partial charge is 0.369 e. The zero-order valence-electron chi connectivity index (χ0n) is 11.6. The van der Waals surface area contributed by atoms with Crippen molar-refractivity contribution in [2.45, 2.75) is 19.4 Å². The molecule has 1 unspecified atom stereocenters. The van der Waals surface area contributed by atoms with Crippen LogP contribution < -0.4 is 10.6 Å². The van der Waals surface area contributed by atoms with E-state index in [1.165, 1.54) is 0 Å². The molecule has 1 atom stereocenters. The van der Waals surface area contributed by atoms with Crippen molar-refractivity contribution >= 4 is 23.2 Å². The molecule has 106 valence electrons. The first-order valence-electron chi connectivity index (χ1n) is 6.78. The minimum atomic E-state index is -0.218. The van der Waals surface area contributed by atoms with Gasteiger partial charge in [0.05, 0.1) is 6.20 Å². The van der Waals surface area contributed by atoms with Gasteiger partial charge < -0.3 is 19.9 Å². The molecule has 1 saturated heterocycles. The average Bonchev–Trinajstić information content (AvgIpc) is 3.01. The molecule has 3 heterocycles. The van der Waals surface area contributed by atoms with Gasteiger partial charge in [0.15, 0.2) is 11.5 Å². The highest BCUT2D eigenvalue weighted by molar-refractivity contribution is 5.87. The lowest BCUT2D eigenvalue weighted by molar-refractivity contribution is -0.127. The Morgan fingerprint density at radius 2 is 2.35 bits per heavy atom. The molecule has 1 amide bonds. The molecule has 1 aliphatic heterocycles. The molecule has 3 rings (SSSR count). The SMILES string of the molecule is CCNc1cn2ccnc2c(NC2CCN(C)C2=O)n1. The fourth-order valence-corrected chi connectivity index (χ4v) is 2.42. The fourth-order valence-electron chi connectivity index (χ4n) is 2.42. The second-order valence-corrected chi connectivity index (χ2v) is 4.91. The van der Waals surface area contributed by atoms with E-state index in [4.69, 9.17) is 0 Å². The highest BCUT2D eigenvalue weighted by Crippen LogP contribution is 2.20. The van der Waals surface area contributed by atoms with Gasteiger partial charge in [-0.25, -0.2) is 9.97 Å². The van der Waals surface area contributed by atoms with Gasteiger partial charge in [-0.3, -0.25) is 4.79 Å². The van der Waals surface area contributed by atoms with Crippen molar-refractivity contribution in [3.05, 3.63) is 18.6 Å². The molecule has 1 aliphatic rings. The van der Waals surface area contributed by atoms with E-state index in [0.29, 0.717) is 5.82 Å². The van der Waals surface area contributed by atoms with E-state index in [9.17, 15) is 4.79 Å². The van der Waals surface area contributed by atoms with Crippen molar-refractivity contribution in [1.82, 2.24) is 19.3 Å². The Kier molecular flexibility index (Phi) is 3.17. The van der Waals surface area contributed by atoms with Gasteiger partial charge in [0.25, 0.3) is 0 Å². The second kappa shape index (κ2) is 4.99. The summed E-state index contributed by atoms with van der Waals surface area (Å²) < 4.78 is 1.90. The first kappa shape index (κ1) is 12.7. The lowest BCUT2D eigenvalue weighted by atomic mass is 10.2. The maximum atomic E-state index is 12.0. The van der Waals surface area contributed by atoms with Crippen LogP contribution in [0.1, 0.15) is 13.3 Å². The number of aromatic nitrogens is 3. The molecule has 1 fully saturated rings. The number of rotatable bonds is 4. The summed E-state index contributed by atoms with van der Waals surface area (Å²) in [5.41, 5.74) is 0.731. The Labute approximate surface area is 117 Å². The smallest absolute Gasteiger partial charge is 0.244 e. The van der Waals surface area contributed by atoms with Gasteiger partial charge in [-0.15, -0.1) is 0 Å². The first-order valence-corrected chi connectivity index (χ1v) is 6.78. The van der Waals surface area contributed by atoms with E-state index in [1.54, 1.807) is 11.1 Å². The number of likely N-dealkylation sites (N-methyl/N-ethyl adjacent to an activating group) is 1. The van der Waals surface area contributed by atoms with E-state index in [-0.39, 0.29) is 11.9 Å². The quantitative estimate of drug-likeness (QED) is 0.863. The Morgan fingerprint density at radius 3 is 3.05 bits per heavy atom. The van der Waals surface area contributed by atoms with Gasteiger partial charge in [-0.1, -0.05) is 0 Å². The summed E-state index contributed by atoms with van der Waals surface area (Å²) in [5.74, 6) is 1.51. The van der Waals surface area contributed by atoms with Crippen molar-refractivity contribution in [2.24, 2.45) is 0 Å². The van der Waals surface area contributed by atoms with Crippen LogP contribution in [0.3, 0.4) is 0 Å². The number of anilines is 2. The summed E-state index contributed by atoms with van der Waals surface area (Å²) in [6.07, 6.45) is 6.26. The number of hydrogen-bond acceptors (Lipinski definition) is 5. The Balaban J connectivity index is 1.93. The normalized spacial score (nSPS) is 18.8. The Hall–Kier alpha value is -2.31. The van der Waals surface area contributed by atoms with Crippen LogP contribution in [0.2, 0.25) is 0 Å². The zero-order chi connectivity index (χ0) is 14.1. The highest BCUT2D eigenvalue weighted by Gasteiger charge is 2.29. The van der Waals surface area contributed by atoms with Crippen LogP contribution >= 0.6 is 0 Å². The van der Waals surface area contributed by atoms with Crippen LogP contribution in [-0.4, -0.2) is 51.4 Å². The minimum Gasteiger partial charge on any atom is -0.369 e. The number of amides is 1. The van der Waals surface area contributed by atoms with Crippen LogP contribution in [0.5, 0.6) is 0 Å². The lowest BCUT2D eigenvalue weighted by Gasteiger charge is -2.14. The Morgan fingerprint density at radius 1 is 1.50 bits per heavy atom. The molecule has 20 heavy (non-hydrogen) atoms. The molecule has 0 spiro atoms. The van der Waals surface area contributed by atoms with E-state index in [2.05, 4.69) is 20.6 Å². The van der Waals surface area contributed by atoms with E-state index >= 15 is 0 Å². The van der Waals surface area contributed by atoms with Crippen LogP contribution in [0.4, 0.5) is 11.6 Å². The molecule has 2 N–H and O–H groups in total. The molecule has 2 aromatic heterocycles. The lowest BCUT2D eigenvalue weighted by Crippen LogP contribution is -2.31. The van der Waals surface area contributed by atoms with Crippen LogP contribution in [0.25, 0.3) is 5.65 Å². The number of carbonyl (C=O) groups excluding carboxylic acids is 1. The summed E-state index contributed by atoms with van der Waals surface area (Å²) in [4.78, 5) is 22.5. The summed E-state index contributed by atoms with van der Waals surface area (Å²) >= 11 is 0. The monoisotopic (exact) mass is 274 g/mol. The standard InChI is InChI=1S/C13H18N6O/c1-3-14-10-8-19-7-5-15-12(19)11(17-10)16-9-4-6-18(2)13(9)20/h5,7-9,14H,3-4,6H2,1-2H3,(H,16,17). The third-order valence-corrected chi connectivity index (χ3v) is 3.47. The van der Waals surface area contributed by atoms with Crippen LogP contribution in [0.15, 0.2) is 18.6 Å². The van der Waals surface area contributed by atoms with Crippen molar-refractivity contribution in [3.8, 4) is 0 Å².